The summed E-state index contributed by atoms with van der Waals surface area (Å²) in [6.45, 7) is 0.0679. The van der Waals surface area contributed by atoms with Gasteiger partial charge in [0, 0.05) is 5.41 Å². The van der Waals surface area contributed by atoms with Crippen molar-refractivity contribution in [2.24, 2.45) is 11.3 Å². The molecule has 1 aromatic carbocycles. The Balaban J connectivity index is 2.24. The number of benzene rings is 1. The first kappa shape index (κ1) is 14.4. The Kier molecular flexibility index (Phi) is 4.83. The minimum absolute atomic E-state index is 0.0339. The number of hydrogen-bond acceptors (Lipinski definition) is 3. The molecule has 3 nitrogen and oxygen atoms in total. The molecule has 106 valence electrons. The smallest absolute Gasteiger partial charge is 0.122 e. The van der Waals surface area contributed by atoms with Crippen LogP contribution in [-0.2, 0) is 6.42 Å². The molecule has 0 unspecified atom stereocenters. The summed E-state index contributed by atoms with van der Waals surface area (Å²) >= 11 is 0. The SMILES string of the molecule is COc1ccccc1CC(CO)(CO)C1CCCC1. The van der Waals surface area contributed by atoms with Crippen molar-refractivity contribution in [3.05, 3.63) is 29.8 Å². The molecule has 0 saturated heterocycles. The first-order chi connectivity index (χ1) is 9.25. The van der Waals surface area contributed by atoms with Crippen molar-refractivity contribution >= 4 is 0 Å². The Labute approximate surface area is 115 Å². The van der Waals surface area contributed by atoms with E-state index < -0.39 is 5.41 Å². The zero-order valence-corrected chi connectivity index (χ0v) is 11.6. The van der Waals surface area contributed by atoms with E-state index in [0.717, 1.165) is 24.2 Å². The molecule has 0 heterocycles. The second-order valence-corrected chi connectivity index (χ2v) is 5.65. The molecule has 19 heavy (non-hydrogen) atoms. The zero-order chi connectivity index (χ0) is 13.7. The van der Waals surface area contributed by atoms with Gasteiger partial charge in [0.25, 0.3) is 0 Å². The van der Waals surface area contributed by atoms with Gasteiger partial charge in [-0.2, -0.15) is 0 Å². The van der Waals surface area contributed by atoms with Crippen LogP contribution >= 0.6 is 0 Å². The molecule has 0 amide bonds. The molecule has 1 fully saturated rings. The third-order valence-corrected chi connectivity index (χ3v) is 4.59. The number of para-hydroxylation sites is 1. The average molecular weight is 264 g/mol. The van der Waals surface area contributed by atoms with Crippen LogP contribution in [0.2, 0.25) is 0 Å². The Hall–Kier alpha value is -1.06. The standard InChI is InChI=1S/C16H24O3/c1-19-15-9-5-2-6-13(15)10-16(11-17,12-18)14-7-3-4-8-14/h2,5-6,9,14,17-18H,3-4,7-8,10-12H2,1H3. The van der Waals surface area contributed by atoms with Crippen molar-refractivity contribution in [2.45, 2.75) is 32.1 Å². The monoisotopic (exact) mass is 264 g/mol. The van der Waals surface area contributed by atoms with Crippen LogP contribution in [0.4, 0.5) is 0 Å². The summed E-state index contributed by atoms with van der Waals surface area (Å²) in [5.41, 5.74) is 0.658. The summed E-state index contributed by atoms with van der Waals surface area (Å²) in [5.74, 6) is 1.25. The van der Waals surface area contributed by atoms with Crippen molar-refractivity contribution in [2.75, 3.05) is 20.3 Å². The van der Waals surface area contributed by atoms with Gasteiger partial charge >= 0.3 is 0 Å². The van der Waals surface area contributed by atoms with E-state index in [1.54, 1.807) is 7.11 Å². The van der Waals surface area contributed by atoms with Gasteiger partial charge in [0.05, 0.1) is 20.3 Å². The highest BCUT2D eigenvalue weighted by molar-refractivity contribution is 5.34. The van der Waals surface area contributed by atoms with Crippen molar-refractivity contribution in [3.8, 4) is 5.75 Å². The highest BCUT2D eigenvalue weighted by Gasteiger charge is 2.39. The Morgan fingerprint density at radius 3 is 2.37 bits per heavy atom. The molecule has 0 radical (unpaired) electrons. The summed E-state index contributed by atoms with van der Waals surface area (Å²) < 4.78 is 5.38. The Bertz CT molecular complexity index is 393. The lowest BCUT2D eigenvalue weighted by Gasteiger charge is -2.36. The number of aliphatic hydroxyl groups is 2. The molecule has 1 aromatic rings. The van der Waals surface area contributed by atoms with E-state index in [1.165, 1.54) is 12.8 Å². The van der Waals surface area contributed by atoms with E-state index >= 15 is 0 Å². The van der Waals surface area contributed by atoms with Crippen LogP contribution in [0.3, 0.4) is 0 Å². The highest BCUT2D eigenvalue weighted by Crippen LogP contribution is 2.42. The topological polar surface area (TPSA) is 49.7 Å². The van der Waals surface area contributed by atoms with Crippen molar-refractivity contribution in [1.29, 1.82) is 0 Å². The van der Waals surface area contributed by atoms with Crippen LogP contribution < -0.4 is 4.74 Å². The van der Waals surface area contributed by atoms with Gasteiger partial charge in [0.1, 0.15) is 5.75 Å². The molecule has 1 aliphatic rings. The van der Waals surface area contributed by atoms with Crippen LogP contribution in [0.25, 0.3) is 0 Å². The van der Waals surface area contributed by atoms with Gasteiger partial charge in [0.15, 0.2) is 0 Å². The van der Waals surface area contributed by atoms with Crippen molar-refractivity contribution in [3.63, 3.8) is 0 Å². The zero-order valence-electron chi connectivity index (χ0n) is 11.6. The fraction of sp³-hybridized carbons (Fsp3) is 0.625. The predicted octanol–water partition coefficient (Wildman–Crippen LogP) is 2.40. The number of aliphatic hydroxyl groups excluding tert-OH is 2. The molecule has 0 aromatic heterocycles. The summed E-state index contributed by atoms with van der Waals surface area (Å²) in [5, 5.41) is 19.7. The van der Waals surface area contributed by atoms with Gasteiger partial charge < -0.3 is 14.9 Å². The number of ether oxygens (including phenoxy) is 1. The van der Waals surface area contributed by atoms with Crippen LogP contribution in [-0.4, -0.2) is 30.5 Å². The molecule has 3 heteroatoms. The molecule has 2 rings (SSSR count). The third-order valence-electron chi connectivity index (χ3n) is 4.59. The lowest BCUT2D eigenvalue weighted by Crippen LogP contribution is -2.39. The number of rotatable bonds is 6. The summed E-state index contributed by atoms with van der Waals surface area (Å²) in [4.78, 5) is 0. The van der Waals surface area contributed by atoms with E-state index in [0.29, 0.717) is 12.3 Å². The molecule has 1 saturated carbocycles. The first-order valence-electron chi connectivity index (χ1n) is 7.09. The molecule has 0 aliphatic heterocycles. The molecular formula is C16H24O3. The molecule has 0 bridgehead atoms. The van der Waals surface area contributed by atoms with Gasteiger partial charge in [-0.25, -0.2) is 0 Å². The minimum Gasteiger partial charge on any atom is -0.496 e. The normalized spacial score (nSPS) is 16.8. The van der Waals surface area contributed by atoms with E-state index in [9.17, 15) is 10.2 Å². The van der Waals surface area contributed by atoms with Gasteiger partial charge in [-0.3, -0.25) is 0 Å². The highest BCUT2D eigenvalue weighted by atomic mass is 16.5. The van der Waals surface area contributed by atoms with Crippen molar-refractivity contribution < 1.29 is 14.9 Å². The molecular weight excluding hydrogens is 240 g/mol. The van der Waals surface area contributed by atoms with E-state index in [4.69, 9.17) is 4.74 Å². The maximum Gasteiger partial charge on any atom is 0.122 e. The lowest BCUT2D eigenvalue weighted by molar-refractivity contribution is 0.00534. The van der Waals surface area contributed by atoms with Crippen LogP contribution in [0.15, 0.2) is 24.3 Å². The van der Waals surface area contributed by atoms with E-state index in [2.05, 4.69) is 0 Å². The van der Waals surface area contributed by atoms with Gasteiger partial charge in [-0.15, -0.1) is 0 Å². The maximum absolute atomic E-state index is 9.86. The molecule has 1 aliphatic carbocycles. The van der Waals surface area contributed by atoms with E-state index in [-0.39, 0.29) is 13.2 Å². The van der Waals surface area contributed by atoms with Gasteiger partial charge in [-0.1, -0.05) is 31.0 Å². The lowest BCUT2D eigenvalue weighted by atomic mass is 9.71. The Morgan fingerprint density at radius 1 is 1.16 bits per heavy atom. The quantitative estimate of drug-likeness (QED) is 0.829. The third kappa shape index (κ3) is 2.93. The van der Waals surface area contributed by atoms with Crippen LogP contribution in [0.1, 0.15) is 31.2 Å². The summed E-state index contributed by atoms with van der Waals surface area (Å²) in [7, 11) is 1.66. The predicted molar refractivity (Wildman–Crippen MR) is 75.3 cm³/mol. The second-order valence-electron chi connectivity index (χ2n) is 5.65. The minimum atomic E-state index is -0.412. The van der Waals surface area contributed by atoms with Crippen molar-refractivity contribution in [1.82, 2.24) is 0 Å². The molecule has 0 spiro atoms. The first-order valence-corrected chi connectivity index (χ1v) is 7.09. The van der Waals surface area contributed by atoms with Crippen LogP contribution in [0.5, 0.6) is 5.75 Å². The van der Waals surface area contributed by atoms with Crippen LogP contribution in [0, 0.1) is 11.3 Å². The fourth-order valence-corrected chi connectivity index (χ4v) is 3.33. The largest absolute Gasteiger partial charge is 0.496 e. The number of hydrogen-bond donors (Lipinski definition) is 2. The second kappa shape index (κ2) is 6.40. The average Bonchev–Trinajstić information content (AvgIpc) is 3.00. The van der Waals surface area contributed by atoms with Gasteiger partial charge in [0.2, 0.25) is 0 Å². The summed E-state index contributed by atoms with van der Waals surface area (Å²) in [6.07, 6.45) is 5.30. The maximum atomic E-state index is 9.86. The molecule has 0 atom stereocenters. The number of methoxy groups -OCH3 is 1. The fourth-order valence-electron chi connectivity index (χ4n) is 3.33. The molecule has 2 N–H and O–H groups in total. The Morgan fingerprint density at radius 2 is 1.79 bits per heavy atom. The van der Waals surface area contributed by atoms with Gasteiger partial charge in [-0.05, 0) is 36.8 Å². The summed E-state index contributed by atoms with van der Waals surface area (Å²) in [6, 6.07) is 7.88. The van der Waals surface area contributed by atoms with E-state index in [1.807, 2.05) is 24.3 Å².